The Bertz CT molecular complexity index is 368. The zero-order valence-electron chi connectivity index (χ0n) is 11.5. The molecule has 18 heavy (non-hydrogen) atoms. The lowest BCUT2D eigenvalue weighted by molar-refractivity contribution is 0.145. The van der Waals surface area contributed by atoms with Crippen molar-refractivity contribution in [2.75, 3.05) is 19.6 Å². The standard InChI is InChI=1S/C17H25N/c1-2-15-13-18(12-14-8-9-14)11-10-17(15)16-6-4-3-5-7-16/h3-7,14-15,17H,2,8-13H2,1H3/t15-,17+/m0/s1. The first-order valence-electron chi connectivity index (χ1n) is 7.64. The van der Waals surface area contributed by atoms with E-state index in [1.165, 1.54) is 45.3 Å². The highest BCUT2D eigenvalue weighted by molar-refractivity contribution is 5.21. The van der Waals surface area contributed by atoms with Crippen LogP contribution in [0.15, 0.2) is 30.3 Å². The van der Waals surface area contributed by atoms with Gasteiger partial charge in [-0.3, -0.25) is 0 Å². The maximum absolute atomic E-state index is 2.73. The van der Waals surface area contributed by atoms with Gasteiger partial charge in [0.25, 0.3) is 0 Å². The van der Waals surface area contributed by atoms with Crippen molar-refractivity contribution in [3.63, 3.8) is 0 Å². The van der Waals surface area contributed by atoms with Gasteiger partial charge in [-0.25, -0.2) is 0 Å². The summed E-state index contributed by atoms with van der Waals surface area (Å²) in [5, 5.41) is 0. The predicted octanol–water partition coefficient (Wildman–Crippen LogP) is 3.91. The van der Waals surface area contributed by atoms with E-state index >= 15 is 0 Å². The second kappa shape index (κ2) is 5.44. The van der Waals surface area contributed by atoms with E-state index in [0.29, 0.717) is 0 Å². The lowest BCUT2D eigenvalue weighted by Crippen LogP contribution is -2.40. The third-order valence-corrected chi connectivity index (χ3v) is 4.78. The maximum Gasteiger partial charge on any atom is 0.00155 e. The summed E-state index contributed by atoms with van der Waals surface area (Å²) in [6, 6.07) is 11.2. The van der Waals surface area contributed by atoms with Crippen molar-refractivity contribution in [1.82, 2.24) is 4.90 Å². The molecule has 1 saturated carbocycles. The summed E-state index contributed by atoms with van der Waals surface area (Å²) in [7, 11) is 0. The van der Waals surface area contributed by atoms with E-state index in [9.17, 15) is 0 Å². The minimum Gasteiger partial charge on any atom is -0.303 e. The molecule has 0 aromatic heterocycles. The molecule has 2 aliphatic rings. The molecule has 1 heterocycles. The first-order valence-corrected chi connectivity index (χ1v) is 7.64. The molecule has 0 radical (unpaired) electrons. The molecule has 1 aromatic carbocycles. The van der Waals surface area contributed by atoms with Crippen molar-refractivity contribution < 1.29 is 0 Å². The highest BCUT2D eigenvalue weighted by Crippen LogP contribution is 2.37. The first-order chi connectivity index (χ1) is 8.86. The minimum absolute atomic E-state index is 0.798. The van der Waals surface area contributed by atoms with Gasteiger partial charge in [0, 0.05) is 13.1 Å². The Balaban J connectivity index is 1.65. The summed E-state index contributed by atoms with van der Waals surface area (Å²) in [5.74, 6) is 2.70. The SMILES string of the molecule is CC[C@H]1CN(CC2CC2)CC[C@H]1c1ccccc1. The fourth-order valence-electron chi connectivity index (χ4n) is 3.49. The van der Waals surface area contributed by atoms with Gasteiger partial charge in [0.15, 0.2) is 0 Å². The Hall–Kier alpha value is -0.820. The van der Waals surface area contributed by atoms with Crippen LogP contribution in [0.25, 0.3) is 0 Å². The Labute approximate surface area is 111 Å². The van der Waals surface area contributed by atoms with Crippen molar-refractivity contribution in [2.24, 2.45) is 11.8 Å². The van der Waals surface area contributed by atoms with E-state index in [0.717, 1.165) is 17.8 Å². The van der Waals surface area contributed by atoms with Gasteiger partial charge in [-0.1, -0.05) is 43.7 Å². The van der Waals surface area contributed by atoms with Gasteiger partial charge in [-0.05, 0) is 49.1 Å². The van der Waals surface area contributed by atoms with E-state index in [4.69, 9.17) is 0 Å². The number of nitrogens with zero attached hydrogens (tertiary/aromatic N) is 1. The third kappa shape index (κ3) is 2.77. The molecule has 1 aliphatic carbocycles. The Morgan fingerprint density at radius 3 is 2.56 bits per heavy atom. The van der Waals surface area contributed by atoms with Crippen LogP contribution in [0.2, 0.25) is 0 Å². The summed E-state index contributed by atoms with van der Waals surface area (Å²) in [5.41, 5.74) is 1.57. The summed E-state index contributed by atoms with van der Waals surface area (Å²) in [6.07, 6.45) is 5.64. The highest BCUT2D eigenvalue weighted by Gasteiger charge is 2.32. The van der Waals surface area contributed by atoms with Crippen molar-refractivity contribution in [3.05, 3.63) is 35.9 Å². The van der Waals surface area contributed by atoms with Crippen LogP contribution in [0, 0.1) is 11.8 Å². The monoisotopic (exact) mass is 243 g/mol. The zero-order valence-corrected chi connectivity index (χ0v) is 11.5. The average molecular weight is 243 g/mol. The van der Waals surface area contributed by atoms with Gasteiger partial charge in [0.05, 0.1) is 0 Å². The molecule has 0 spiro atoms. The number of rotatable bonds is 4. The quantitative estimate of drug-likeness (QED) is 0.775. The van der Waals surface area contributed by atoms with E-state index in [-0.39, 0.29) is 0 Å². The average Bonchev–Trinajstić information content (AvgIpc) is 3.23. The molecule has 1 nitrogen and oxygen atoms in total. The molecule has 0 unspecified atom stereocenters. The summed E-state index contributed by atoms with van der Waals surface area (Å²) in [4.78, 5) is 2.73. The van der Waals surface area contributed by atoms with Crippen molar-refractivity contribution in [3.8, 4) is 0 Å². The Kier molecular flexibility index (Phi) is 3.69. The normalized spacial score (nSPS) is 29.4. The number of hydrogen-bond donors (Lipinski definition) is 0. The van der Waals surface area contributed by atoms with Gasteiger partial charge < -0.3 is 4.90 Å². The van der Waals surface area contributed by atoms with Gasteiger partial charge in [-0.2, -0.15) is 0 Å². The molecular formula is C17H25N. The van der Waals surface area contributed by atoms with Crippen LogP contribution in [0.1, 0.15) is 44.1 Å². The number of piperidine rings is 1. The fourth-order valence-corrected chi connectivity index (χ4v) is 3.49. The van der Waals surface area contributed by atoms with Crippen molar-refractivity contribution in [2.45, 2.75) is 38.5 Å². The Morgan fingerprint density at radius 1 is 1.11 bits per heavy atom. The lowest BCUT2D eigenvalue weighted by atomic mass is 9.79. The number of hydrogen-bond acceptors (Lipinski definition) is 1. The minimum atomic E-state index is 0.798. The molecule has 1 aromatic rings. The van der Waals surface area contributed by atoms with Crippen molar-refractivity contribution in [1.29, 1.82) is 0 Å². The predicted molar refractivity (Wildman–Crippen MR) is 76.7 cm³/mol. The first kappa shape index (κ1) is 12.2. The largest absolute Gasteiger partial charge is 0.303 e. The van der Waals surface area contributed by atoms with Gasteiger partial charge in [0.1, 0.15) is 0 Å². The van der Waals surface area contributed by atoms with Crippen LogP contribution in [-0.2, 0) is 0 Å². The molecule has 1 heteroatoms. The van der Waals surface area contributed by atoms with E-state index in [1.54, 1.807) is 5.56 Å². The molecule has 3 rings (SSSR count). The molecule has 2 atom stereocenters. The molecule has 98 valence electrons. The van der Waals surface area contributed by atoms with Crippen LogP contribution in [0.3, 0.4) is 0 Å². The number of likely N-dealkylation sites (tertiary alicyclic amines) is 1. The molecular weight excluding hydrogens is 218 g/mol. The zero-order chi connectivity index (χ0) is 12.4. The van der Waals surface area contributed by atoms with Crippen LogP contribution in [0.5, 0.6) is 0 Å². The molecule has 0 bridgehead atoms. The van der Waals surface area contributed by atoms with Crippen molar-refractivity contribution >= 4 is 0 Å². The molecule has 0 amide bonds. The van der Waals surface area contributed by atoms with Gasteiger partial charge in [-0.15, -0.1) is 0 Å². The second-order valence-corrected chi connectivity index (χ2v) is 6.18. The summed E-state index contributed by atoms with van der Waals surface area (Å²) >= 11 is 0. The van der Waals surface area contributed by atoms with E-state index in [2.05, 4.69) is 42.2 Å². The number of benzene rings is 1. The maximum atomic E-state index is 2.73. The molecule has 1 aliphatic heterocycles. The van der Waals surface area contributed by atoms with Crippen LogP contribution in [0.4, 0.5) is 0 Å². The fraction of sp³-hybridized carbons (Fsp3) is 0.647. The van der Waals surface area contributed by atoms with Gasteiger partial charge in [0.2, 0.25) is 0 Å². The third-order valence-electron chi connectivity index (χ3n) is 4.78. The molecule has 2 fully saturated rings. The van der Waals surface area contributed by atoms with E-state index in [1.807, 2.05) is 0 Å². The highest BCUT2D eigenvalue weighted by atomic mass is 15.1. The molecule has 1 saturated heterocycles. The van der Waals surface area contributed by atoms with Gasteiger partial charge >= 0.3 is 0 Å². The van der Waals surface area contributed by atoms with E-state index < -0.39 is 0 Å². The lowest BCUT2D eigenvalue weighted by Gasteiger charge is -2.38. The topological polar surface area (TPSA) is 3.24 Å². The smallest absolute Gasteiger partial charge is 0.00155 e. The molecule has 0 N–H and O–H groups in total. The Morgan fingerprint density at radius 2 is 1.89 bits per heavy atom. The summed E-state index contributed by atoms with van der Waals surface area (Å²) < 4.78 is 0. The van der Waals surface area contributed by atoms with Crippen LogP contribution < -0.4 is 0 Å². The van der Waals surface area contributed by atoms with Crippen LogP contribution >= 0.6 is 0 Å². The summed E-state index contributed by atoms with van der Waals surface area (Å²) in [6.45, 7) is 6.37. The van der Waals surface area contributed by atoms with Crippen LogP contribution in [-0.4, -0.2) is 24.5 Å². The second-order valence-electron chi connectivity index (χ2n) is 6.18.